The van der Waals surface area contributed by atoms with E-state index in [4.69, 9.17) is 0 Å². The predicted octanol–water partition coefficient (Wildman–Crippen LogP) is 1.18. The minimum absolute atomic E-state index is 0.0656. The molecule has 0 atom stereocenters. The number of amides is 1. The maximum absolute atomic E-state index is 10.7. The van der Waals surface area contributed by atoms with Gasteiger partial charge in [0.1, 0.15) is 0 Å². The van der Waals surface area contributed by atoms with Crippen molar-refractivity contribution in [2.45, 2.75) is 33.2 Å². The molecule has 0 aliphatic heterocycles. The van der Waals surface area contributed by atoms with Gasteiger partial charge in [-0.3, -0.25) is 9.59 Å². The van der Waals surface area contributed by atoms with Gasteiger partial charge >= 0.3 is 0 Å². The fourth-order valence-corrected chi connectivity index (χ4v) is 1.43. The molecule has 3 nitrogen and oxygen atoms in total. The van der Waals surface area contributed by atoms with Gasteiger partial charge < -0.3 is 5.32 Å². The van der Waals surface area contributed by atoms with Crippen LogP contribution in [0.2, 0.25) is 0 Å². The first-order chi connectivity index (χ1) is 5.33. The lowest BCUT2D eigenvalue weighted by molar-refractivity contribution is -0.120. The molecule has 0 unspecified atom stereocenters. The highest BCUT2D eigenvalue weighted by atomic mass is 32.2. The molecule has 0 saturated carbocycles. The second-order valence-corrected chi connectivity index (χ2v) is 4.50. The van der Waals surface area contributed by atoms with Gasteiger partial charge in [0.15, 0.2) is 5.12 Å². The molecular formula is C8H15NO2S. The second-order valence-electron chi connectivity index (χ2n) is 3.35. The Bertz CT molecular complexity index is 189. The van der Waals surface area contributed by atoms with E-state index >= 15 is 0 Å². The van der Waals surface area contributed by atoms with Crippen LogP contribution in [-0.2, 0) is 9.59 Å². The van der Waals surface area contributed by atoms with E-state index in [1.807, 2.05) is 13.8 Å². The largest absolute Gasteiger partial charge is 0.351 e. The summed E-state index contributed by atoms with van der Waals surface area (Å²) in [6.07, 6.45) is 0. The Morgan fingerprint density at radius 2 is 1.83 bits per heavy atom. The van der Waals surface area contributed by atoms with Gasteiger partial charge in [0, 0.05) is 25.1 Å². The van der Waals surface area contributed by atoms with Gasteiger partial charge in [0.05, 0.1) is 0 Å². The quantitative estimate of drug-likeness (QED) is 0.725. The van der Waals surface area contributed by atoms with E-state index in [2.05, 4.69) is 5.32 Å². The predicted molar refractivity (Wildman–Crippen MR) is 51.0 cm³/mol. The summed E-state index contributed by atoms with van der Waals surface area (Å²) in [6, 6.07) is 0. The first-order valence-electron chi connectivity index (χ1n) is 3.75. The Labute approximate surface area is 77.3 Å². The molecule has 0 rings (SSSR count). The van der Waals surface area contributed by atoms with Gasteiger partial charge in [0.2, 0.25) is 5.91 Å². The first-order valence-corrected chi connectivity index (χ1v) is 4.74. The molecule has 0 bridgehead atoms. The monoisotopic (exact) mass is 189 g/mol. The van der Waals surface area contributed by atoms with Crippen LogP contribution in [0.3, 0.4) is 0 Å². The van der Waals surface area contributed by atoms with Crippen LogP contribution in [-0.4, -0.2) is 22.3 Å². The standard InChI is InChI=1S/C8H15NO2S/c1-6(10)9-8(3,4)5-12-7(2)11/h5H2,1-4H3,(H,9,10). The van der Waals surface area contributed by atoms with Gasteiger partial charge in [-0.1, -0.05) is 11.8 Å². The summed E-state index contributed by atoms with van der Waals surface area (Å²) in [5.41, 5.74) is -0.303. The van der Waals surface area contributed by atoms with Crippen molar-refractivity contribution in [2.24, 2.45) is 0 Å². The summed E-state index contributed by atoms with van der Waals surface area (Å²) < 4.78 is 0. The van der Waals surface area contributed by atoms with Crippen molar-refractivity contribution >= 4 is 22.8 Å². The molecule has 0 aliphatic rings. The lowest BCUT2D eigenvalue weighted by Gasteiger charge is -2.24. The van der Waals surface area contributed by atoms with Gasteiger partial charge in [-0.25, -0.2) is 0 Å². The lowest BCUT2D eigenvalue weighted by atomic mass is 10.1. The molecule has 0 aromatic carbocycles. The topological polar surface area (TPSA) is 46.2 Å². The lowest BCUT2D eigenvalue weighted by Crippen LogP contribution is -2.44. The Balaban J connectivity index is 3.86. The molecule has 4 heteroatoms. The average molecular weight is 189 g/mol. The van der Waals surface area contributed by atoms with Crippen molar-refractivity contribution < 1.29 is 9.59 Å². The fraction of sp³-hybridized carbons (Fsp3) is 0.750. The zero-order valence-electron chi connectivity index (χ0n) is 7.93. The van der Waals surface area contributed by atoms with E-state index in [-0.39, 0.29) is 16.6 Å². The molecule has 1 N–H and O–H groups in total. The first kappa shape index (κ1) is 11.5. The molecule has 12 heavy (non-hydrogen) atoms. The maximum Gasteiger partial charge on any atom is 0.217 e. The number of hydrogen-bond acceptors (Lipinski definition) is 3. The van der Waals surface area contributed by atoms with Crippen LogP contribution < -0.4 is 5.32 Å². The van der Waals surface area contributed by atoms with Gasteiger partial charge in [-0.15, -0.1) is 0 Å². The smallest absolute Gasteiger partial charge is 0.217 e. The molecule has 0 spiro atoms. The Kier molecular flexibility index (Phi) is 4.31. The number of carbonyl (C=O) groups is 2. The van der Waals surface area contributed by atoms with Crippen LogP contribution in [0.25, 0.3) is 0 Å². The zero-order chi connectivity index (χ0) is 9.78. The van der Waals surface area contributed by atoms with E-state index in [9.17, 15) is 9.59 Å². The number of thioether (sulfide) groups is 1. The van der Waals surface area contributed by atoms with Crippen molar-refractivity contribution in [2.75, 3.05) is 5.75 Å². The third-order valence-electron chi connectivity index (χ3n) is 1.15. The van der Waals surface area contributed by atoms with Crippen LogP contribution in [0.5, 0.6) is 0 Å². The maximum atomic E-state index is 10.7. The van der Waals surface area contributed by atoms with E-state index < -0.39 is 0 Å². The third kappa shape index (κ3) is 6.22. The van der Waals surface area contributed by atoms with E-state index in [0.29, 0.717) is 5.75 Å². The highest BCUT2D eigenvalue weighted by molar-refractivity contribution is 8.13. The Hall–Kier alpha value is -0.510. The highest BCUT2D eigenvalue weighted by Gasteiger charge is 2.19. The summed E-state index contributed by atoms with van der Waals surface area (Å²) in [6.45, 7) is 6.78. The number of hydrogen-bond donors (Lipinski definition) is 1. The normalized spacial score (nSPS) is 11.0. The molecule has 0 aliphatic carbocycles. The molecule has 1 amide bonds. The minimum atomic E-state index is -0.303. The molecule has 0 fully saturated rings. The zero-order valence-corrected chi connectivity index (χ0v) is 8.75. The molecule has 0 aromatic rings. The number of nitrogens with one attached hydrogen (secondary N) is 1. The van der Waals surface area contributed by atoms with E-state index in [0.717, 1.165) is 0 Å². The molecule has 0 radical (unpaired) electrons. The molecular weight excluding hydrogens is 174 g/mol. The van der Waals surface area contributed by atoms with Gasteiger partial charge in [0.25, 0.3) is 0 Å². The van der Waals surface area contributed by atoms with Crippen molar-refractivity contribution in [3.8, 4) is 0 Å². The fourth-order valence-electron chi connectivity index (χ4n) is 0.795. The van der Waals surface area contributed by atoms with Crippen LogP contribution in [0, 0.1) is 0 Å². The van der Waals surface area contributed by atoms with Gasteiger partial charge in [-0.05, 0) is 13.8 Å². The summed E-state index contributed by atoms with van der Waals surface area (Å²) in [7, 11) is 0. The van der Waals surface area contributed by atoms with Crippen molar-refractivity contribution in [3.05, 3.63) is 0 Å². The van der Waals surface area contributed by atoms with E-state index in [1.165, 1.54) is 25.6 Å². The summed E-state index contributed by atoms with van der Waals surface area (Å²) >= 11 is 1.23. The van der Waals surface area contributed by atoms with Crippen LogP contribution in [0.4, 0.5) is 0 Å². The van der Waals surface area contributed by atoms with Crippen LogP contribution in [0.15, 0.2) is 0 Å². The van der Waals surface area contributed by atoms with Gasteiger partial charge in [-0.2, -0.15) is 0 Å². The third-order valence-corrected chi connectivity index (χ3v) is 2.42. The summed E-state index contributed by atoms with van der Waals surface area (Å²) in [4.78, 5) is 21.3. The van der Waals surface area contributed by atoms with Crippen LogP contribution in [0.1, 0.15) is 27.7 Å². The molecule has 0 saturated heterocycles. The van der Waals surface area contributed by atoms with Crippen molar-refractivity contribution in [1.82, 2.24) is 5.32 Å². The highest BCUT2D eigenvalue weighted by Crippen LogP contribution is 2.12. The van der Waals surface area contributed by atoms with Crippen LogP contribution >= 0.6 is 11.8 Å². The summed E-state index contributed by atoms with van der Waals surface area (Å²) in [5.74, 6) is 0.547. The molecule has 70 valence electrons. The van der Waals surface area contributed by atoms with Crippen molar-refractivity contribution in [1.29, 1.82) is 0 Å². The second kappa shape index (κ2) is 4.50. The Morgan fingerprint density at radius 3 is 2.17 bits per heavy atom. The minimum Gasteiger partial charge on any atom is -0.351 e. The average Bonchev–Trinajstić information content (AvgIpc) is 1.81. The molecule has 0 heterocycles. The van der Waals surface area contributed by atoms with Crippen molar-refractivity contribution in [3.63, 3.8) is 0 Å². The Morgan fingerprint density at radius 1 is 1.33 bits per heavy atom. The molecule has 0 aromatic heterocycles. The summed E-state index contributed by atoms with van der Waals surface area (Å²) in [5, 5.41) is 2.84. The van der Waals surface area contributed by atoms with E-state index in [1.54, 1.807) is 0 Å². The number of carbonyl (C=O) groups excluding carboxylic acids is 2. The number of rotatable bonds is 3. The SMILES string of the molecule is CC(=O)NC(C)(C)CSC(C)=O.